The van der Waals surface area contributed by atoms with Gasteiger partial charge in [0.25, 0.3) is 0 Å². The Labute approximate surface area is 103 Å². The summed E-state index contributed by atoms with van der Waals surface area (Å²) < 4.78 is 5.16. The fraction of sp³-hybridized carbons (Fsp3) is 0.500. The van der Waals surface area contributed by atoms with Crippen molar-refractivity contribution in [3.63, 3.8) is 0 Å². The number of rotatable bonds is 2. The first kappa shape index (κ1) is 12.0. The van der Waals surface area contributed by atoms with E-state index in [2.05, 4.69) is 10.3 Å². The van der Waals surface area contributed by atoms with E-state index < -0.39 is 0 Å². The second-order valence-corrected chi connectivity index (χ2v) is 4.48. The molecule has 1 fully saturated rings. The summed E-state index contributed by atoms with van der Waals surface area (Å²) in [5, 5.41) is 4.76. The summed E-state index contributed by atoms with van der Waals surface area (Å²) in [5.74, 6) is -0.104. The number of carbonyl (C=O) groups is 2. The number of carbonyl (C=O) groups excluding carboxylic acids is 2. The van der Waals surface area contributed by atoms with E-state index in [1.54, 1.807) is 10.3 Å². The molecule has 0 saturated carbocycles. The average Bonchev–Trinajstić information content (AvgIpc) is 2.79. The molecule has 0 bridgehead atoms. The van der Waals surface area contributed by atoms with Crippen molar-refractivity contribution in [2.75, 3.05) is 31.6 Å². The van der Waals surface area contributed by atoms with E-state index in [1.165, 1.54) is 18.3 Å². The van der Waals surface area contributed by atoms with Crippen molar-refractivity contribution in [1.82, 2.24) is 9.88 Å². The number of amides is 2. The zero-order valence-electron chi connectivity index (χ0n) is 9.43. The van der Waals surface area contributed by atoms with Crippen molar-refractivity contribution in [2.45, 2.75) is 6.92 Å². The summed E-state index contributed by atoms with van der Waals surface area (Å²) >= 11 is 1.25. The monoisotopic (exact) mass is 255 g/mol. The molecule has 0 spiro atoms. The smallest absolute Gasteiger partial charge is 0.323 e. The van der Waals surface area contributed by atoms with Crippen LogP contribution in [0.1, 0.15) is 17.4 Å². The molecule has 92 valence electrons. The molecule has 17 heavy (non-hydrogen) atoms. The number of ether oxygens (including phenoxy) is 1. The summed E-state index contributed by atoms with van der Waals surface area (Å²) in [6.45, 7) is 3.73. The van der Waals surface area contributed by atoms with Crippen molar-refractivity contribution in [3.05, 3.63) is 11.1 Å². The van der Waals surface area contributed by atoms with Gasteiger partial charge in [-0.05, 0) is 0 Å². The molecule has 1 aliphatic rings. The van der Waals surface area contributed by atoms with E-state index in [1.807, 2.05) is 0 Å². The summed E-state index contributed by atoms with van der Waals surface area (Å²) in [6, 6.07) is -0.197. The third-order valence-electron chi connectivity index (χ3n) is 2.38. The molecular weight excluding hydrogens is 242 g/mol. The van der Waals surface area contributed by atoms with Crippen molar-refractivity contribution >= 4 is 28.3 Å². The van der Waals surface area contributed by atoms with Gasteiger partial charge in [0.05, 0.1) is 13.2 Å². The van der Waals surface area contributed by atoms with Crippen molar-refractivity contribution in [2.24, 2.45) is 0 Å². The molecule has 1 saturated heterocycles. The molecule has 1 N–H and O–H groups in total. The van der Waals surface area contributed by atoms with Crippen molar-refractivity contribution in [1.29, 1.82) is 0 Å². The first-order valence-corrected chi connectivity index (χ1v) is 6.15. The third-order valence-corrected chi connectivity index (χ3v) is 3.13. The minimum Gasteiger partial charge on any atom is -0.378 e. The number of nitrogens with zero attached hydrogens (tertiary/aromatic N) is 2. The highest BCUT2D eigenvalue weighted by Gasteiger charge is 2.18. The Balaban J connectivity index is 1.94. The van der Waals surface area contributed by atoms with Gasteiger partial charge < -0.3 is 9.64 Å². The number of morpholine rings is 1. The van der Waals surface area contributed by atoms with E-state index in [4.69, 9.17) is 4.74 Å². The zero-order valence-corrected chi connectivity index (χ0v) is 10.2. The van der Waals surface area contributed by atoms with Crippen molar-refractivity contribution < 1.29 is 14.3 Å². The number of aromatic nitrogens is 1. The maximum Gasteiger partial charge on any atom is 0.323 e. The third kappa shape index (κ3) is 3.01. The van der Waals surface area contributed by atoms with Gasteiger partial charge >= 0.3 is 6.03 Å². The Morgan fingerprint density at radius 1 is 1.47 bits per heavy atom. The quantitative estimate of drug-likeness (QED) is 0.806. The van der Waals surface area contributed by atoms with Crippen LogP contribution < -0.4 is 5.32 Å². The van der Waals surface area contributed by atoms with Crippen LogP contribution in [-0.4, -0.2) is 48.0 Å². The van der Waals surface area contributed by atoms with Crippen LogP contribution in [0.2, 0.25) is 0 Å². The molecule has 1 aliphatic heterocycles. The second-order valence-electron chi connectivity index (χ2n) is 3.62. The number of hydrogen-bond donors (Lipinski definition) is 1. The van der Waals surface area contributed by atoms with Gasteiger partial charge in [-0.1, -0.05) is 0 Å². The van der Waals surface area contributed by atoms with Gasteiger partial charge in [0.2, 0.25) is 0 Å². The molecule has 0 aliphatic carbocycles. The molecular formula is C10H13N3O3S. The number of hydrogen-bond acceptors (Lipinski definition) is 5. The molecule has 0 aromatic carbocycles. The Hall–Kier alpha value is -1.47. The predicted octanol–water partition coefficient (Wildman–Crippen LogP) is 1.21. The molecule has 7 heteroatoms. The van der Waals surface area contributed by atoms with Crippen LogP contribution in [0.25, 0.3) is 0 Å². The molecule has 1 aromatic heterocycles. The fourth-order valence-electron chi connectivity index (χ4n) is 1.43. The molecule has 2 amide bonds. The van der Waals surface area contributed by atoms with E-state index >= 15 is 0 Å². The maximum absolute atomic E-state index is 11.8. The van der Waals surface area contributed by atoms with Gasteiger partial charge in [0.1, 0.15) is 5.69 Å². The lowest BCUT2D eigenvalue weighted by Gasteiger charge is -2.26. The minimum atomic E-state index is -0.197. The molecule has 0 unspecified atom stereocenters. The molecule has 2 heterocycles. The lowest BCUT2D eigenvalue weighted by Crippen LogP contribution is -2.43. The minimum absolute atomic E-state index is 0.104. The molecule has 0 atom stereocenters. The van der Waals surface area contributed by atoms with E-state index in [9.17, 15) is 9.59 Å². The largest absolute Gasteiger partial charge is 0.378 e. The van der Waals surface area contributed by atoms with Gasteiger partial charge in [-0.2, -0.15) is 0 Å². The fourth-order valence-corrected chi connectivity index (χ4v) is 2.17. The first-order valence-electron chi connectivity index (χ1n) is 5.27. The number of Topliss-reactive ketones (excluding diaryl/α,β-unsaturated/α-hetero) is 1. The van der Waals surface area contributed by atoms with Gasteiger partial charge in [-0.15, -0.1) is 11.3 Å². The first-order chi connectivity index (χ1) is 8.16. The number of ketones is 1. The molecule has 1 aromatic rings. The molecule has 2 rings (SSSR count). The highest BCUT2D eigenvalue weighted by atomic mass is 32.1. The van der Waals surface area contributed by atoms with Gasteiger partial charge in [-0.25, -0.2) is 9.78 Å². The predicted molar refractivity (Wildman–Crippen MR) is 63.5 cm³/mol. The van der Waals surface area contributed by atoms with Crippen LogP contribution in [0.3, 0.4) is 0 Å². The van der Waals surface area contributed by atoms with Crippen LogP contribution in [0.15, 0.2) is 5.38 Å². The van der Waals surface area contributed by atoms with Crippen LogP contribution in [-0.2, 0) is 4.74 Å². The van der Waals surface area contributed by atoms with Crippen LogP contribution >= 0.6 is 11.3 Å². The lowest BCUT2D eigenvalue weighted by molar-refractivity contribution is 0.0564. The van der Waals surface area contributed by atoms with Crippen LogP contribution in [0.4, 0.5) is 9.93 Å². The number of nitrogens with one attached hydrogen (secondary N) is 1. The normalized spacial score (nSPS) is 15.7. The van der Waals surface area contributed by atoms with E-state index in [0.29, 0.717) is 37.1 Å². The summed E-state index contributed by atoms with van der Waals surface area (Å²) in [4.78, 5) is 28.5. The summed E-state index contributed by atoms with van der Waals surface area (Å²) in [6.07, 6.45) is 0. The zero-order chi connectivity index (χ0) is 12.3. The Morgan fingerprint density at radius 2 is 2.18 bits per heavy atom. The SMILES string of the molecule is CC(=O)c1csc(NC(=O)N2CCOCC2)n1. The van der Waals surface area contributed by atoms with Crippen LogP contribution in [0, 0.1) is 0 Å². The van der Waals surface area contributed by atoms with Gasteiger partial charge in [0, 0.05) is 25.4 Å². The van der Waals surface area contributed by atoms with Gasteiger partial charge in [-0.3, -0.25) is 10.1 Å². The Bertz CT molecular complexity index is 426. The molecule has 6 nitrogen and oxygen atoms in total. The Kier molecular flexibility index (Phi) is 3.70. The standard InChI is InChI=1S/C10H13N3O3S/c1-7(14)8-6-17-9(11-8)12-10(15)13-2-4-16-5-3-13/h6H,2-5H2,1H3,(H,11,12,15). The topological polar surface area (TPSA) is 71.5 Å². The van der Waals surface area contributed by atoms with Gasteiger partial charge in [0.15, 0.2) is 10.9 Å². The Morgan fingerprint density at radius 3 is 2.76 bits per heavy atom. The van der Waals surface area contributed by atoms with Crippen molar-refractivity contribution in [3.8, 4) is 0 Å². The average molecular weight is 255 g/mol. The van der Waals surface area contributed by atoms with E-state index in [0.717, 1.165) is 0 Å². The van der Waals surface area contributed by atoms with E-state index in [-0.39, 0.29) is 11.8 Å². The summed E-state index contributed by atoms with van der Waals surface area (Å²) in [5.41, 5.74) is 0.382. The second kappa shape index (κ2) is 5.24. The summed E-state index contributed by atoms with van der Waals surface area (Å²) in [7, 11) is 0. The maximum atomic E-state index is 11.8. The van der Waals surface area contributed by atoms with Crippen LogP contribution in [0.5, 0.6) is 0 Å². The lowest BCUT2D eigenvalue weighted by atomic mass is 10.4. The highest BCUT2D eigenvalue weighted by Crippen LogP contribution is 2.16. The number of thiazole rings is 1. The highest BCUT2D eigenvalue weighted by molar-refractivity contribution is 7.14. The number of urea groups is 1. The number of anilines is 1. The molecule has 0 radical (unpaired) electrons.